The van der Waals surface area contributed by atoms with E-state index in [4.69, 9.17) is 0 Å². The van der Waals surface area contributed by atoms with Crippen molar-refractivity contribution < 1.29 is 8.78 Å². The smallest absolute Gasteiger partial charge is 0.131 e. The molecule has 0 amide bonds. The van der Waals surface area contributed by atoms with Gasteiger partial charge >= 0.3 is 0 Å². The summed E-state index contributed by atoms with van der Waals surface area (Å²) in [5.74, 6) is -0.502. The standard InChI is InChI=1S/C48H36F2N2S2/c49-34-20-6-4-18-32(34)47-40(51-36-22-8-12-26-42(36)53-43-27-13-9-23-37(43)51)30-41(52-38-24-10-14-28-44(38)54-45-29-15-11-25-39(45)52)48(33-19-5-7-21-35(33)50)46(47)31-16-2-1-3-17-31/h4-15,18-31H,1-3,16-17H2. The third-order valence-corrected chi connectivity index (χ3v) is 13.2. The predicted molar refractivity (Wildman–Crippen MR) is 221 cm³/mol. The van der Waals surface area contributed by atoms with Crippen molar-refractivity contribution in [2.45, 2.75) is 57.6 Å². The van der Waals surface area contributed by atoms with Gasteiger partial charge in [-0.15, -0.1) is 0 Å². The van der Waals surface area contributed by atoms with Gasteiger partial charge in [-0.1, -0.05) is 128 Å². The Morgan fingerprint density at radius 2 is 0.759 bits per heavy atom. The Kier molecular flexibility index (Phi) is 8.53. The average molecular weight is 743 g/mol. The van der Waals surface area contributed by atoms with Gasteiger partial charge in [0.05, 0.1) is 34.1 Å². The van der Waals surface area contributed by atoms with Gasteiger partial charge in [0.1, 0.15) is 11.6 Å². The topological polar surface area (TPSA) is 6.48 Å². The van der Waals surface area contributed by atoms with Crippen LogP contribution in [0.4, 0.5) is 42.9 Å². The van der Waals surface area contributed by atoms with Crippen molar-refractivity contribution in [1.82, 2.24) is 0 Å². The largest absolute Gasteiger partial charge is 0.307 e. The van der Waals surface area contributed by atoms with Gasteiger partial charge in [-0.3, -0.25) is 0 Å². The second kappa shape index (κ2) is 13.8. The molecule has 0 radical (unpaired) electrons. The maximum Gasteiger partial charge on any atom is 0.131 e. The minimum Gasteiger partial charge on any atom is -0.307 e. The van der Waals surface area contributed by atoms with Crippen LogP contribution in [0.3, 0.4) is 0 Å². The first kappa shape index (κ1) is 33.3. The summed E-state index contributed by atoms with van der Waals surface area (Å²) in [4.78, 5) is 9.17. The first-order chi connectivity index (χ1) is 26.7. The minimum absolute atomic E-state index is 0.0796. The Balaban J connectivity index is 1.42. The van der Waals surface area contributed by atoms with Gasteiger partial charge in [-0.05, 0) is 91.1 Å². The van der Waals surface area contributed by atoms with Gasteiger partial charge in [-0.25, -0.2) is 8.78 Å². The van der Waals surface area contributed by atoms with E-state index < -0.39 is 0 Å². The lowest BCUT2D eigenvalue weighted by Gasteiger charge is -2.40. The van der Waals surface area contributed by atoms with Crippen molar-refractivity contribution in [3.05, 3.63) is 169 Å². The second-order valence-corrected chi connectivity index (χ2v) is 16.3. The van der Waals surface area contributed by atoms with Crippen LogP contribution in [0.25, 0.3) is 22.3 Å². The Morgan fingerprint density at radius 1 is 0.407 bits per heavy atom. The van der Waals surface area contributed by atoms with Crippen LogP contribution in [0.5, 0.6) is 0 Å². The lowest BCUT2D eigenvalue weighted by molar-refractivity contribution is 0.444. The number of anilines is 6. The van der Waals surface area contributed by atoms with Gasteiger partial charge in [0.25, 0.3) is 0 Å². The molecular weight excluding hydrogens is 707 g/mol. The fourth-order valence-corrected chi connectivity index (χ4v) is 10.8. The zero-order chi connectivity index (χ0) is 36.2. The quantitative estimate of drug-likeness (QED) is 0.173. The molecule has 7 aromatic rings. The van der Waals surface area contributed by atoms with Crippen LogP contribution >= 0.6 is 23.5 Å². The molecule has 7 aromatic carbocycles. The molecule has 6 heteroatoms. The molecule has 2 aliphatic heterocycles. The zero-order valence-electron chi connectivity index (χ0n) is 29.5. The summed E-state index contributed by atoms with van der Waals surface area (Å²) in [6.45, 7) is 0. The first-order valence-electron chi connectivity index (χ1n) is 18.7. The summed E-state index contributed by atoms with van der Waals surface area (Å²) in [6, 6.07) is 50.4. The molecule has 0 bridgehead atoms. The Labute approximate surface area is 323 Å². The Hall–Kier alpha value is -5.30. The molecule has 1 fully saturated rings. The lowest BCUT2D eigenvalue weighted by atomic mass is 9.75. The molecule has 2 nitrogen and oxygen atoms in total. The highest BCUT2D eigenvalue weighted by Gasteiger charge is 2.37. The van der Waals surface area contributed by atoms with Crippen molar-refractivity contribution in [3.63, 3.8) is 0 Å². The van der Waals surface area contributed by atoms with E-state index in [1.165, 1.54) is 0 Å². The zero-order valence-corrected chi connectivity index (χ0v) is 31.1. The minimum atomic E-state index is -0.291. The van der Waals surface area contributed by atoms with Gasteiger partial charge in [0.15, 0.2) is 0 Å². The first-order valence-corrected chi connectivity index (χ1v) is 20.3. The number of hydrogen-bond donors (Lipinski definition) is 0. The molecule has 10 rings (SSSR count). The summed E-state index contributed by atoms with van der Waals surface area (Å²) in [6.07, 6.45) is 5.17. The molecule has 54 heavy (non-hydrogen) atoms. The monoisotopic (exact) mass is 742 g/mol. The van der Waals surface area contributed by atoms with Gasteiger partial charge in [0.2, 0.25) is 0 Å². The number of hydrogen-bond acceptors (Lipinski definition) is 4. The van der Waals surface area contributed by atoms with Crippen molar-refractivity contribution in [1.29, 1.82) is 0 Å². The van der Waals surface area contributed by atoms with Crippen molar-refractivity contribution in [3.8, 4) is 22.3 Å². The predicted octanol–water partition coefficient (Wildman–Crippen LogP) is 15.2. The molecule has 0 aromatic heterocycles. The fourth-order valence-electron chi connectivity index (χ4n) is 8.65. The number of halogens is 2. The lowest BCUT2D eigenvalue weighted by Crippen LogP contribution is -2.21. The third kappa shape index (κ3) is 5.54. The van der Waals surface area contributed by atoms with Crippen LogP contribution in [0.1, 0.15) is 43.6 Å². The van der Waals surface area contributed by atoms with Gasteiger partial charge in [-0.2, -0.15) is 0 Å². The van der Waals surface area contributed by atoms with E-state index in [0.29, 0.717) is 11.1 Å². The van der Waals surface area contributed by atoms with Crippen molar-refractivity contribution in [2.75, 3.05) is 9.80 Å². The third-order valence-electron chi connectivity index (χ3n) is 11.0. The van der Waals surface area contributed by atoms with E-state index in [-0.39, 0.29) is 17.6 Å². The van der Waals surface area contributed by atoms with E-state index in [1.54, 1.807) is 47.8 Å². The van der Waals surface area contributed by atoms with Crippen LogP contribution in [0, 0.1) is 11.6 Å². The Morgan fingerprint density at radius 3 is 1.15 bits per heavy atom. The van der Waals surface area contributed by atoms with Crippen LogP contribution in [-0.4, -0.2) is 0 Å². The SMILES string of the molecule is Fc1ccccc1-c1c(N2c3ccccc3Sc3ccccc32)cc(N2c3ccccc3Sc3ccccc32)c(-c2ccccc2F)c1C1CCCCC1. The molecule has 3 aliphatic rings. The van der Waals surface area contributed by atoms with Gasteiger partial charge < -0.3 is 9.80 Å². The summed E-state index contributed by atoms with van der Waals surface area (Å²) >= 11 is 3.51. The molecule has 0 atom stereocenters. The van der Waals surface area contributed by atoms with Crippen molar-refractivity contribution in [2.24, 2.45) is 0 Å². The summed E-state index contributed by atoms with van der Waals surface area (Å²) in [7, 11) is 0. The maximum absolute atomic E-state index is 16.7. The molecule has 2 heterocycles. The van der Waals surface area contributed by atoms with E-state index in [9.17, 15) is 0 Å². The van der Waals surface area contributed by atoms with Crippen LogP contribution in [-0.2, 0) is 0 Å². The molecule has 0 spiro atoms. The number of benzene rings is 7. The second-order valence-electron chi connectivity index (χ2n) is 14.1. The van der Waals surface area contributed by atoms with Crippen LogP contribution in [0.2, 0.25) is 0 Å². The number of nitrogens with zero attached hydrogens (tertiary/aromatic N) is 2. The molecular formula is C48H36F2N2S2. The normalized spacial score (nSPS) is 14.9. The van der Waals surface area contributed by atoms with Crippen molar-refractivity contribution >= 4 is 57.6 Å². The molecule has 1 aliphatic carbocycles. The number of rotatable bonds is 5. The Bertz CT molecular complexity index is 2300. The molecule has 1 saturated carbocycles. The molecule has 0 saturated heterocycles. The molecule has 264 valence electrons. The highest BCUT2D eigenvalue weighted by Crippen LogP contribution is 2.61. The fraction of sp³-hybridized carbons (Fsp3) is 0.125. The van der Waals surface area contributed by atoms with Crippen LogP contribution < -0.4 is 9.80 Å². The molecule has 0 N–H and O–H groups in total. The van der Waals surface area contributed by atoms with E-state index >= 15 is 8.78 Å². The summed E-state index contributed by atoms with van der Waals surface area (Å²) < 4.78 is 33.4. The average Bonchev–Trinajstić information content (AvgIpc) is 3.22. The summed E-state index contributed by atoms with van der Waals surface area (Å²) in [5.41, 5.74) is 9.62. The van der Waals surface area contributed by atoms with E-state index in [0.717, 1.165) is 103 Å². The van der Waals surface area contributed by atoms with Gasteiger partial charge in [0, 0.05) is 41.8 Å². The number of fused-ring (bicyclic) bond motifs is 4. The maximum atomic E-state index is 16.7. The van der Waals surface area contributed by atoms with Crippen LogP contribution in [0.15, 0.2) is 171 Å². The van der Waals surface area contributed by atoms with E-state index in [2.05, 4.69) is 113 Å². The highest BCUT2D eigenvalue weighted by atomic mass is 32.2. The summed E-state index contributed by atoms with van der Waals surface area (Å²) in [5, 5.41) is 0. The van der Waals surface area contributed by atoms with E-state index in [1.807, 2.05) is 24.3 Å². The molecule has 0 unspecified atom stereocenters. The highest BCUT2D eigenvalue weighted by molar-refractivity contribution is 8.00. The number of para-hydroxylation sites is 4.